The number of aryl methyl sites for hydroxylation is 2. The smallest absolute Gasteiger partial charge is 0.134 e. The van der Waals surface area contributed by atoms with Gasteiger partial charge in [-0.25, -0.2) is 0 Å². The zero-order valence-corrected chi connectivity index (χ0v) is 12.8. The predicted octanol–water partition coefficient (Wildman–Crippen LogP) is 4.33. The number of aliphatic hydroxyl groups is 1. The Kier molecular flexibility index (Phi) is 4.30. The number of aliphatic hydroxyl groups excluding tert-OH is 1. The van der Waals surface area contributed by atoms with Crippen LogP contribution in [0.4, 0.5) is 0 Å². The van der Waals surface area contributed by atoms with Crippen molar-refractivity contribution in [1.82, 2.24) is 0 Å². The molecule has 21 heavy (non-hydrogen) atoms. The van der Waals surface area contributed by atoms with E-state index in [4.69, 9.17) is 10.00 Å². The minimum absolute atomic E-state index is 0.511. The third kappa shape index (κ3) is 3.24. The van der Waals surface area contributed by atoms with Gasteiger partial charge < -0.3 is 9.84 Å². The first kappa shape index (κ1) is 15.1. The molecule has 0 fully saturated rings. The van der Waals surface area contributed by atoms with Gasteiger partial charge in [-0.15, -0.1) is 0 Å². The van der Waals surface area contributed by atoms with E-state index in [0.29, 0.717) is 16.9 Å². The van der Waals surface area contributed by atoms with Crippen LogP contribution < -0.4 is 4.74 Å². The molecule has 108 valence electrons. The van der Waals surface area contributed by atoms with Crippen LogP contribution in [0.1, 0.15) is 40.8 Å². The SMILES string of the molecule is Cc1cc(C)c(C)c(Oc2cc(C#N)ccc2C(C)O)c1. The number of hydrogen-bond acceptors (Lipinski definition) is 3. The molecule has 0 aliphatic heterocycles. The number of benzene rings is 2. The lowest BCUT2D eigenvalue weighted by molar-refractivity contribution is 0.195. The highest BCUT2D eigenvalue weighted by Gasteiger charge is 2.13. The van der Waals surface area contributed by atoms with E-state index >= 15 is 0 Å². The highest BCUT2D eigenvalue weighted by atomic mass is 16.5. The summed E-state index contributed by atoms with van der Waals surface area (Å²) in [5.74, 6) is 1.28. The largest absolute Gasteiger partial charge is 0.457 e. The van der Waals surface area contributed by atoms with Crippen molar-refractivity contribution in [1.29, 1.82) is 5.26 Å². The Bertz CT molecular complexity index is 712. The van der Waals surface area contributed by atoms with Crippen molar-refractivity contribution in [3.8, 4) is 17.6 Å². The Morgan fingerprint density at radius 1 is 1.10 bits per heavy atom. The molecule has 0 aromatic heterocycles. The molecular formula is C18H19NO2. The molecule has 0 spiro atoms. The highest BCUT2D eigenvalue weighted by molar-refractivity contribution is 5.49. The molecule has 1 unspecified atom stereocenters. The lowest BCUT2D eigenvalue weighted by Gasteiger charge is -2.16. The fraction of sp³-hybridized carbons (Fsp3) is 0.278. The molecule has 1 N–H and O–H groups in total. The van der Waals surface area contributed by atoms with Crippen LogP contribution in [0.25, 0.3) is 0 Å². The summed E-state index contributed by atoms with van der Waals surface area (Å²) in [4.78, 5) is 0. The minimum atomic E-state index is -0.654. The second-order valence-corrected chi connectivity index (χ2v) is 5.35. The van der Waals surface area contributed by atoms with Crippen LogP contribution in [0.15, 0.2) is 30.3 Å². The zero-order chi connectivity index (χ0) is 15.6. The van der Waals surface area contributed by atoms with Crippen LogP contribution in [0.3, 0.4) is 0 Å². The summed E-state index contributed by atoms with van der Waals surface area (Å²) < 4.78 is 5.99. The van der Waals surface area contributed by atoms with Crippen molar-refractivity contribution >= 4 is 0 Å². The molecule has 2 rings (SSSR count). The summed E-state index contributed by atoms with van der Waals surface area (Å²) in [5, 5.41) is 18.9. The molecular weight excluding hydrogens is 262 g/mol. The molecule has 0 saturated heterocycles. The number of ether oxygens (including phenoxy) is 1. The third-order valence-corrected chi connectivity index (χ3v) is 3.58. The monoisotopic (exact) mass is 281 g/mol. The van der Waals surface area contributed by atoms with E-state index in [2.05, 4.69) is 12.1 Å². The van der Waals surface area contributed by atoms with Gasteiger partial charge in [-0.1, -0.05) is 12.1 Å². The van der Waals surface area contributed by atoms with Crippen molar-refractivity contribution in [3.63, 3.8) is 0 Å². The van der Waals surface area contributed by atoms with Crippen LogP contribution in [-0.4, -0.2) is 5.11 Å². The second kappa shape index (κ2) is 5.99. The minimum Gasteiger partial charge on any atom is -0.457 e. The van der Waals surface area contributed by atoms with Crippen molar-refractivity contribution < 1.29 is 9.84 Å². The van der Waals surface area contributed by atoms with Gasteiger partial charge in [0.05, 0.1) is 17.7 Å². The van der Waals surface area contributed by atoms with Gasteiger partial charge in [-0.05, 0) is 62.6 Å². The maximum Gasteiger partial charge on any atom is 0.134 e. The maximum absolute atomic E-state index is 9.86. The summed E-state index contributed by atoms with van der Waals surface area (Å²) in [6, 6.07) is 11.2. The van der Waals surface area contributed by atoms with Crippen LogP contribution in [0, 0.1) is 32.1 Å². The van der Waals surface area contributed by atoms with E-state index in [1.54, 1.807) is 25.1 Å². The summed E-state index contributed by atoms with van der Waals surface area (Å²) in [5.41, 5.74) is 4.51. The molecule has 3 nitrogen and oxygen atoms in total. The second-order valence-electron chi connectivity index (χ2n) is 5.35. The quantitative estimate of drug-likeness (QED) is 0.911. The fourth-order valence-electron chi connectivity index (χ4n) is 2.26. The first-order chi connectivity index (χ1) is 9.92. The Balaban J connectivity index is 2.51. The van der Waals surface area contributed by atoms with E-state index in [9.17, 15) is 5.11 Å². The molecule has 1 atom stereocenters. The number of hydrogen-bond donors (Lipinski definition) is 1. The van der Waals surface area contributed by atoms with Crippen molar-refractivity contribution in [2.75, 3.05) is 0 Å². The Morgan fingerprint density at radius 2 is 1.81 bits per heavy atom. The van der Waals surface area contributed by atoms with E-state index in [0.717, 1.165) is 22.4 Å². The Hall–Kier alpha value is -2.31. The van der Waals surface area contributed by atoms with Crippen LogP contribution in [0.2, 0.25) is 0 Å². The van der Waals surface area contributed by atoms with Gasteiger partial charge in [0.1, 0.15) is 11.5 Å². The zero-order valence-electron chi connectivity index (χ0n) is 12.8. The molecule has 0 aliphatic rings. The van der Waals surface area contributed by atoms with E-state index < -0.39 is 6.10 Å². The van der Waals surface area contributed by atoms with Crippen LogP contribution in [0.5, 0.6) is 11.5 Å². The van der Waals surface area contributed by atoms with Gasteiger partial charge >= 0.3 is 0 Å². The van der Waals surface area contributed by atoms with Gasteiger partial charge in [0.25, 0.3) is 0 Å². The van der Waals surface area contributed by atoms with E-state index in [-0.39, 0.29) is 0 Å². The third-order valence-electron chi connectivity index (χ3n) is 3.58. The maximum atomic E-state index is 9.86. The topological polar surface area (TPSA) is 53.2 Å². The average Bonchev–Trinajstić information content (AvgIpc) is 2.43. The molecule has 0 amide bonds. The van der Waals surface area contributed by atoms with Crippen molar-refractivity contribution in [2.24, 2.45) is 0 Å². The highest BCUT2D eigenvalue weighted by Crippen LogP contribution is 2.33. The van der Waals surface area contributed by atoms with Gasteiger partial charge in [0.15, 0.2) is 0 Å². The molecule has 0 aliphatic carbocycles. The lowest BCUT2D eigenvalue weighted by Crippen LogP contribution is -1.99. The van der Waals surface area contributed by atoms with E-state index in [1.807, 2.05) is 26.8 Å². The summed E-state index contributed by atoms with van der Waals surface area (Å²) in [6.07, 6.45) is -0.654. The average molecular weight is 281 g/mol. The number of rotatable bonds is 3. The molecule has 0 saturated carbocycles. The Labute approximate surface area is 125 Å². The van der Waals surface area contributed by atoms with Crippen molar-refractivity contribution in [2.45, 2.75) is 33.8 Å². The van der Waals surface area contributed by atoms with Crippen LogP contribution >= 0.6 is 0 Å². The molecule has 0 radical (unpaired) electrons. The number of nitriles is 1. The number of nitrogens with zero attached hydrogens (tertiary/aromatic N) is 1. The predicted molar refractivity (Wildman–Crippen MR) is 82.5 cm³/mol. The lowest BCUT2D eigenvalue weighted by atomic mass is 10.0. The van der Waals surface area contributed by atoms with Crippen molar-refractivity contribution in [3.05, 3.63) is 58.1 Å². The van der Waals surface area contributed by atoms with Crippen LogP contribution in [-0.2, 0) is 0 Å². The first-order valence-corrected chi connectivity index (χ1v) is 6.90. The molecule has 0 heterocycles. The molecule has 0 bridgehead atoms. The van der Waals surface area contributed by atoms with Gasteiger partial charge in [-0.2, -0.15) is 5.26 Å². The normalized spacial score (nSPS) is 11.8. The summed E-state index contributed by atoms with van der Waals surface area (Å²) in [6.45, 7) is 7.74. The standard InChI is InChI=1S/C18H19NO2/c1-11-7-12(2)13(3)17(8-11)21-18-9-15(10-19)5-6-16(18)14(4)20/h5-9,14,20H,1-4H3. The summed E-state index contributed by atoms with van der Waals surface area (Å²) >= 11 is 0. The fourth-order valence-corrected chi connectivity index (χ4v) is 2.26. The summed E-state index contributed by atoms with van der Waals surface area (Å²) in [7, 11) is 0. The van der Waals surface area contributed by atoms with Gasteiger partial charge in [0, 0.05) is 5.56 Å². The van der Waals surface area contributed by atoms with E-state index in [1.165, 1.54) is 0 Å². The van der Waals surface area contributed by atoms with Gasteiger partial charge in [-0.3, -0.25) is 0 Å². The van der Waals surface area contributed by atoms with Gasteiger partial charge in [0.2, 0.25) is 0 Å². The molecule has 2 aromatic rings. The molecule has 2 aromatic carbocycles. The first-order valence-electron chi connectivity index (χ1n) is 6.90. The molecule has 3 heteroatoms. The Morgan fingerprint density at radius 3 is 2.43 bits per heavy atom.